The van der Waals surface area contributed by atoms with Crippen molar-refractivity contribution in [3.05, 3.63) is 35.4 Å². The summed E-state index contributed by atoms with van der Waals surface area (Å²) in [6, 6.07) is 8.58. The van der Waals surface area contributed by atoms with Gasteiger partial charge in [0.1, 0.15) is 5.78 Å². The lowest BCUT2D eigenvalue weighted by atomic mass is 9.78. The Morgan fingerprint density at radius 1 is 1.00 bits per heavy atom. The van der Waals surface area contributed by atoms with Crippen LogP contribution in [0.1, 0.15) is 74.8 Å². The molecular formula is C19H26O. The third-order valence-electron chi connectivity index (χ3n) is 5.28. The number of ketones is 1. The monoisotopic (exact) mass is 270 g/mol. The van der Waals surface area contributed by atoms with Gasteiger partial charge in [-0.1, -0.05) is 56.4 Å². The van der Waals surface area contributed by atoms with Gasteiger partial charge >= 0.3 is 0 Å². The number of fused-ring (bicyclic) bond motifs is 1. The molecule has 3 rings (SSSR count). The van der Waals surface area contributed by atoms with E-state index in [1.54, 1.807) is 0 Å². The number of aryl methyl sites for hydroxylation is 1. The molecule has 1 nitrogen and oxygen atoms in total. The predicted octanol–water partition coefficient (Wildman–Crippen LogP) is 5.04. The SMILES string of the molecule is O=C(CCC1CCCCC1)C1CCCc2ccccc21. The van der Waals surface area contributed by atoms with E-state index in [1.807, 2.05) is 0 Å². The highest BCUT2D eigenvalue weighted by molar-refractivity contribution is 5.86. The van der Waals surface area contributed by atoms with Crippen LogP contribution in [0.25, 0.3) is 0 Å². The van der Waals surface area contributed by atoms with Crippen LogP contribution in [0.2, 0.25) is 0 Å². The molecule has 0 N–H and O–H groups in total. The molecule has 1 unspecified atom stereocenters. The summed E-state index contributed by atoms with van der Waals surface area (Å²) in [6.07, 6.45) is 12.2. The highest BCUT2D eigenvalue weighted by atomic mass is 16.1. The van der Waals surface area contributed by atoms with Crippen LogP contribution in [0.15, 0.2) is 24.3 Å². The molecule has 1 saturated carbocycles. The maximum Gasteiger partial charge on any atom is 0.140 e. The summed E-state index contributed by atoms with van der Waals surface area (Å²) in [7, 11) is 0. The minimum atomic E-state index is 0.198. The highest BCUT2D eigenvalue weighted by Crippen LogP contribution is 2.34. The second-order valence-corrected chi connectivity index (χ2v) is 6.65. The number of carbonyl (C=O) groups is 1. The molecule has 1 atom stereocenters. The Balaban J connectivity index is 1.60. The molecule has 0 aliphatic heterocycles. The van der Waals surface area contributed by atoms with E-state index >= 15 is 0 Å². The fourth-order valence-electron chi connectivity index (χ4n) is 4.08. The molecule has 20 heavy (non-hydrogen) atoms. The van der Waals surface area contributed by atoms with Crippen molar-refractivity contribution >= 4 is 5.78 Å². The number of hydrogen-bond donors (Lipinski definition) is 0. The number of benzene rings is 1. The summed E-state index contributed by atoms with van der Waals surface area (Å²) in [5, 5.41) is 0. The summed E-state index contributed by atoms with van der Waals surface area (Å²) < 4.78 is 0. The number of carbonyl (C=O) groups excluding carboxylic acids is 1. The van der Waals surface area contributed by atoms with Gasteiger partial charge in [-0.15, -0.1) is 0 Å². The van der Waals surface area contributed by atoms with E-state index in [2.05, 4.69) is 24.3 Å². The molecule has 0 amide bonds. The topological polar surface area (TPSA) is 17.1 Å². The van der Waals surface area contributed by atoms with E-state index in [9.17, 15) is 4.79 Å². The van der Waals surface area contributed by atoms with Crippen molar-refractivity contribution in [2.24, 2.45) is 5.92 Å². The van der Waals surface area contributed by atoms with Crippen LogP contribution in [-0.4, -0.2) is 5.78 Å². The smallest absolute Gasteiger partial charge is 0.140 e. The van der Waals surface area contributed by atoms with E-state index in [4.69, 9.17) is 0 Å². The van der Waals surface area contributed by atoms with Crippen molar-refractivity contribution < 1.29 is 4.79 Å². The van der Waals surface area contributed by atoms with E-state index in [0.29, 0.717) is 5.78 Å². The fraction of sp³-hybridized carbons (Fsp3) is 0.632. The predicted molar refractivity (Wildman–Crippen MR) is 82.9 cm³/mol. The summed E-state index contributed by atoms with van der Waals surface area (Å²) in [5.41, 5.74) is 2.74. The van der Waals surface area contributed by atoms with Gasteiger partial charge in [-0.05, 0) is 42.7 Å². The zero-order valence-corrected chi connectivity index (χ0v) is 12.4. The number of Topliss-reactive ketones (excluding diaryl/α,β-unsaturated/α-hetero) is 1. The van der Waals surface area contributed by atoms with Gasteiger partial charge in [0.25, 0.3) is 0 Å². The first-order chi connectivity index (χ1) is 9.84. The third kappa shape index (κ3) is 3.13. The molecule has 0 spiro atoms. The van der Waals surface area contributed by atoms with Gasteiger partial charge in [-0.25, -0.2) is 0 Å². The molecule has 1 heteroatoms. The minimum Gasteiger partial charge on any atom is -0.299 e. The maximum absolute atomic E-state index is 12.6. The van der Waals surface area contributed by atoms with Crippen LogP contribution in [0.5, 0.6) is 0 Å². The third-order valence-corrected chi connectivity index (χ3v) is 5.28. The van der Waals surface area contributed by atoms with Gasteiger partial charge in [0.2, 0.25) is 0 Å². The van der Waals surface area contributed by atoms with Gasteiger partial charge in [0.05, 0.1) is 0 Å². The lowest BCUT2D eigenvalue weighted by molar-refractivity contribution is -0.121. The second-order valence-electron chi connectivity index (χ2n) is 6.65. The van der Waals surface area contributed by atoms with E-state index in [0.717, 1.165) is 31.6 Å². The van der Waals surface area contributed by atoms with Crippen molar-refractivity contribution in [2.45, 2.75) is 70.1 Å². The first-order valence-corrected chi connectivity index (χ1v) is 8.45. The zero-order valence-electron chi connectivity index (χ0n) is 12.4. The van der Waals surface area contributed by atoms with Crippen LogP contribution in [-0.2, 0) is 11.2 Å². The van der Waals surface area contributed by atoms with Crippen molar-refractivity contribution in [3.63, 3.8) is 0 Å². The average molecular weight is 270 g/mol. The molecule has 0 heterocycles. The first kappa shape index (κ1) is 13.9. The Morgan fingerprint density at radius 3 is 2.65 bits per heavy atom. The summed E-state index contributed by atoms with van der Waals surface area (Å²) in [6.45, 7) is 0. The molecule has 108 valence electrons. The number of hydrogen-bond acceptors (Lipinski definition) is 1. The lowest BCUT2D eigenvalue weighted by Gasteiger charge is -2.26. The standard InChI is InChI=1S/C19H26O/c20-19(14-13-15-7-2-1-3-8-15)18-12-6-10-16-9-4-5-11-17(16)18/h4-5,9,11,15,18H,1-3,6-8,10,12-14H2. The summed E-state index contributed by atoms with van der Waals surface area (Å²) in [4.78, 5) is 12.6. The van der Waals surface area contributed by atoms with Gasteiger partial charge in [0.15, 0.2) is 0 Å². The van der Waals surface area contributed by atoms with E-state index < -0.39 is 0 Å². The molecule has 2 aliphatic carbocycles. The maximum atomic E-state index is 12.6. The molecule has 0 saturated heterocycles. The van der Waals surface area contributed by atoms with E-state index in [1.165, 1.54) is 49.7 Å². The van der Waals surface area contributed by atoms with Crippen LogP contribution in [0.3, 0.4) is 0 Å². The Kier molecular flexibility index (Phi) is 4.54. The highest BCUT2D eigenvalue weighted by Gasteiger charge is 2.26. The van der Waals surface area contributed by atoms with E-state index in [-0.39, 0.29) is 5.92 Å². The van der Waals surface area contributed by atoms with Crippen molar-refractivity contribution in [1.29, 1.82) is 0 Å². The first-order valence-electron chi connectivity index (χ1n) is 8.45. The molecule has 0 aromatic heterocycles. The largest absolute Gasteiger partial charge is 0.299 e. The quantitative estimate of drug-likeness (QED) is 0.749. The molecule has 0 bridgehead atoms. The second kappa shape index (κ2) is 6.56. The lowest BCUT2D eigenvalue weighted by Crippen LogP contribution is -2.19. The van der Waals surface area contributed by atoms with Crippen LogP contribution < -0.4 is 0 Å². The molecule has 2 aliphatic rings. The average Bonchev–Trinajstić information content (AvgIpc) is 2.53. The van der Waals surface area contributed by atoms with Gasteiger partial charge in [-0.3, -0.25) is 4.79 Å². The molecule has 1 aromatic rings. The number of rotatable bonds is 4. The minimum absolute atomic E-state index is 0.198. The van der Waals surface area contributed by atoms with Crippen LogP contribution in [0, 0.1) is 5.92 Å². The molecule has 1 fully saturated rings. The molecule has 1 aromatic carbocycles. The molecule has 0 radical (unpaired) electrons. The Hall–Kier alpha value is -1.11. The summed E-state index contributed by atoms with van der Waals surface area (Å²) >= 11 is 0. The van der Waals surface area contributed by atoms with Crippen LogP contribution in [0.4, 0.5) is 0 Å². The van der Waals surface area contributed by atoms with Crippen molar-refractivity contribution in [2.75, 3.05) is 0 Å². The Morgan fingerprint density at radius 2 is 1.80 bits per heavy atom. The zero-order chi connectivity index (χ0) is 13.8. The van der Waals surface area contributed by atoms with Crippen molar-refractivity contribution in [3.8, 4) is 0 Å². The fourth-order valence-corrected chi connectivity index (χ4v) is 4.08. The Bertz CT molecular complexity index is 457. The molecular weight excluding hydrogens is 244 g/mol. The van der Waals surface area contributed by atoms with Gasteiger partial charge < -0.3 is 0 Å². The normalized spacial score (nSPS) is 23.3. The van der Waals surface area contributed by atoms with Crippen LogP contribution >= 0.6 is 0 Å². The van der Waals surface area contributed by atoms with Gasteiger partial charge in [-0.2, -0.15) is 0 Å². The Labute approximate surface area is 122 Å². The summed E-state index contributed by atoms with van der Waals surface area (Å²) in [5.74, 6) is 1.53. The van der Waals surface area contributed by atoms with Gasteiger partial charge in [0, 0.05) is 12.3 Å². The van der Waals surface area contributed by atoms with Crippen molar-refractivity contribution in [1.82, 2.24) is 0 Å².